The van der Waals surface area contributed by atoms with Crippen LogP contribution in [-0.4, -0.2) is 41.0 Å². The third kappa shape index (κ3) is 5.91. The Kier molecular flexibility index (Phi) is 6.81. The normalized spacial score (nSPS) is 11.5. The lowest BCUT2D eigenvalue weighted by atomic mass is 10.2. The van der Waals surface area contributed by atoms with Gasteiger partial charge >= 0.3 is 0 Å². The zero-order chi connectivity index (χ0) is 15.8. The number of amidine groups is 1. The zero-order valence-electron chi connectivity index (χ0n) is 12.1. The molecule has 0 saturated carbocycles. The van der Waals surface area contributed by atoms with Crippen LogP contribution in [0.3, 0.4) is 0 Å². The van der Waals surface area contributed by atoms with E-state index in [0.29, 0.717) is 23.7 Å². The zero-order valence-corrected chi connectivity index (χ0v) is 12.9. The van der Waals surface area contributed by atoms with Crippen molar-refractivity contribution in [3.63, 3.8) is 0 Å². The lowest BCUT2D eigenvalue weighted by molar-refractivity contribution is -0.134. The van der Waals surface area contributed by atoms with Gasteiger partial charge < -0.3 is 20.6 Å². The van der Waals surface area contributed by atoms with E-state index < -0.39 is 0 Å². The van der Waals surface area contributed by atoms with Gasteiger partial charge in [-0.3, -0.25) is 4.79 Å². The summed E-state index contributed by atoms with van der Waals surface area (Å²) < 4.78 is 5.43. The Morgan fingerprint density at radius 3 is 2.81 bits per heavy atom. The average Bonchev–Trinajstić information content (AvgIpc) is 2.44. The molecule has 0 atom stereocenters. The molecule has 0 aromatic heterocycles. The van der Waals surface area contributed by atoms with Crippen LogP contribution in [0.4, 0.5) is 0 Å². The number of ether oxygens (including phenoxy) is 1. The molecule has 1 aromatic rings. The number of nitrogens with zero attached hydrogens (tertiary/aromatic N) is 2. The fourth-order valence-electron chi connectivity index (χ4n) is 1.74. The van der Waals surface area contributed by atoms with Crippen LogP contribution in [-0.2, 0) is 4.79 Å². The SMILES string of the molecule is CC(C)N(CCC(N)=NO)C(=O)COc1cccc(Cl)c1. The number of benzene rings is 1. The van der Waals surface area contributed by atoms with Gasteiger partial charge in [-0.15, -0.1) is 0 Å². The second kappa shape index (κ2) is 8.36. The fourth-order valence-corrected chi connectivity index (χ4v) is 1.92. The van der Waals surface area contributed by atoms with Gasteiger partial charge in [-0.1, -0.05) is 22.8 Å². The van der Waals surface area contributed by atoms with E-state index in [1.807, 2.05) is 13.8 Å². The van der Waals surface area contributed by atoms with Crippen molar-refractivity contribution in [2.45, 2.75) is 26.3 Å². The molecule has 116 valence electrons. The van der Waals surface area contributed by atoms with Crippen molar-refractivity contribution in [3.05, 3.63) is 29.3 Å². The summed E-state index contributed by atoms with van der Waals surface area (Å²) in [4.78, 5) is 13.8. The van der Waals surface area contributed by atoms with Crippen molar-refractivity contribution in [2.75, 3.05) is 13.2 Å². The van der Waals surface area contributed by atoms with Crippen LogP contribution in [0.1, 0.15) is 20.3 Å². The number of rotatable bonds is 7. The fraction of sp³-hybridized carbons (Fsp3) is 0.429. The predicted octanol–water partition coefficient (Wildman–Crippen LogP) is 2.09. The summed E-state index contributed by atoms with van der Waals surface area (Å²) in [5, 5.41) is 12.0. The first kappa shape index (κ1) is 17.1. The van der Waals surface area contributed by atoms with Crippen LogP contribution in [0.2, 0.25) is 5.02 Å². The summed E-state index contributed by atoms with van der Waals surface area (Å²) >= 11 is 5.85. The second-order valence-electron chi connectivity index (χ2n) is 4.77. The van der Waals surface area contributed by atoms with Gasteiger partial charge in [-0.2, -0.15) is 0 Å². The molecule has 7 heteroatoms. The molecule has 0 aliphatic rings. The van der Waals surface area contributed by atoms with Crippen LogP contribution in [0.15, 0.2) is 29.4 Å². The van der Waals surface area contributed by atoms with E-state index in [4.69, 9.17) is 27.3 Å². The maximum Gasteiger partial charge on any atom is 0.260 e. The first-order chi connectivity index (χ1) is 9.93. The Hall–Kier alpha value is -1.95. The van der Waals surface area contributed by atoms with Gasteiger partial charge in [-0.05, 0) is 32.0 Å². The van der Waals surface area contributed by atoms with Crippen LogP contribution >= 0.6 is 11.6 Å². The highest BCUT2D eigenvalue weighted by Gasteiger charge is 2.17. The quantitative estimate of drug-likeness (QED) is 0.349. The second-order valence-corrected chi connectivity index (χ2v) is 5.20. The Bertz CT molecular complexity index is 506. The minimum atomic E-state index is -0.171. The summed E-state index contributed by atoms with van der Waals surface area (Å²) in [5.74, 6) is 0.455. The van der Waals surface area contributed by atoms with Crippen molar-refractivity contribution in [1.82, 2.24) is 4.90 Å². The number of hydrogen-bond acceptors (Lipinski definition) is 4. The molecular weight excluding hydrogens is 294 g/mol. The van der Waals surface area contributed by atoms with Crippen LogP contribution in [0.25, 0.3) is 0 Å². The third-order valence-corrected chi connectivity index (χ3v) is 3.07. The number of carbonyl (C=O) groups excluding carboxylic acids is 1. The number of nitrogens with two attached hydrogens (primary N) is 1. The van der Waals surface area contributed by atoms with E-state index in [2.05, 4.69) is 5.16 Å². The number of hydrogen-bond donors (Lipinski definition) is 2. The van der Waals surface area contributed by atoms with Gasteiger partial charge in [0, 0.05) is 24.0 Å². The van der Waals surface area contributed by atoms with Crippen molar-refractivity contribution < 1.29 is 14.7 Å². The van der Waals surface area contributed by atoms with Gasteiger partial charge in [0.1, 0.15) is 11.6 Å². The molecule has 3 N–H and O–H groups in total. The van der Waals surface area contributed by atoms with E-state index >= 15 is 0 Å². The van der Waals surface area contributed by atoms with Crippen LogP contribution in [0.5, 0.6) is 5.75 Å². The molecule has 0 radical (unpaired) electrons. The topological polar surface area (TPSA) is 88.1 Å². The maximum atomic E-state index is 12.2. The monoisotopic (exact) mass is 313 g/mol. The minimum Gasteiger partial charge on any atom is -0.484 e. The molecule has 1 rings (SSSR count). The highest BCUT2D eigenvalue weighted by Crippen LogP contribution is 2.17. The van der Waals surface area contributed by atoms with E-state index in [1.54, 1.807) is 29.2 Å². The first-order valence-electron chi connectivity index (χ1n) is 6.58. The first-order valence-corrected chi connectivity index (χ1v) is 6.96. The van der Waals surface area contributed by atoms with Crippen LogP contribution < -0.4 is 10.5 Å². The van der Waals surface area contributed by atoms with Crippen molar-refractivity contribution in [1.29, 1.82) is 0 Å². The summed E-state index contributed by atoms with van der Waals surface area (Å²) in [5.41, 5.74) is 5.42. The lowest BCUT2D eigenvalue weighted by Gasteiger charge is -2.26. The predicted molar refractivity (Wildman–Crippen MR) is 81.8 cm³/mol. The molecule has 0 fully saturated rings. The molecule has 1 amide bonds. The smallest absolute Gasteiger partial charge is 0.260 e. The average molecular weight is 314 g/mol. The van der Waals surface area contributed by atoms with E-state index in [0.717, 1.165) is 0 Å². The largest absolute Gasteiger partial charge is 0.484 e. The Balaban J connectivity index is 2.57. The van der Waals surface area contributed by atoms with Crippen molar-refractivity contribution in [3.8, 4) is 5.75 Å². The van der Waals surface area contributed by atoms with Gasteiger partial charge in [0.15, 0.2) is 6.61 Å². The molecule has 0 spiro atoms. The summed E-state index contributed by atoms with van der Waals surface area (Å²) in [6.07, 6.45) is 0.303. The number of carbonyl (C=O) groups is 1. The summed E-state index contributed by atoms with van der Waals surface area (Å²) in [6.45, 7) is 4.06. The van der Waals surface area contributed by atoms with E-state index in [1.165, 1.54) is 0 Å². The minimum absolute atomic E-state index is 0.00745. The highest BCUT2D eigenvalue weighted by molar-refractivity contribution is 6.30. The molecule has 0 heterocycles. The highest BCUT2D eigenvalue weighted by atomic mass is 35.5. The Morgan fingerprint density at radius 2 is 2.24 bits per heavy atom. The molecule has 21 heavy (non-hydrogen) atoms. The summed E-state index contributed by atoms with van der Waals surface area (Å²) in [7, 11) is 0. The Labute approximate surface area is 129 Å². The standard InChI is InChI=1S/C14H20ClN3O3/c1-10(2)18(7-6-13(16)17-20)14(19)9-21-12-5-3-4-11(15)8-12/h3-5,8,10,20H,6-7,9H2,1-2H3,(H2,16,17). The number of halogens is 1. The number of amides is 1. The van der Waals surface area contributed by atoms with Crippen LogP contribution in [0, 0.1) is 0 Å². The molecular formula is C14H20ClN3O3. The van der Waals surface area contributed by atoms with Crippen molar-refractivity contribution >= 4 is 23.3 Å². The molecule has 0 aliphatic carbocycles. The van der Waals surface area contributed by atoms with E-state index in [-0.39, 0.29) is 24.4 Å². The molecule has 0 aliphatic heterocycles. The van der Waals surface area contributed by atoms with Gasteiger partial charge in [0.25, 0.3) is 5.91 Å². The Morgan fingerprint density at radius 1 is 1.52 bits per heavy atom. The van der Waals surface area contributed by atoms with Gasteiger partial charge in [0.2, 0.25) is 0 Å². The third-order valence-electron chi connectivity index (χ3n) is 2.84. The van der Waals surface area contributed by atoms with Gasteiger partial charge in [-0.25, -0.2) is 0 Å². The van der Waals surface area contributed by atoms with Crippen molar-refractivity contribution in [2.24, 2.45) is 10.9 Å². The maximum absolute atomic E-state index is 12.2. The molecule has 0 bridgehead atoms. The molecule has 6 nitrogen and oxygen atoms in total. The summed E-state index contributed by atoms with van der Waals surface area (Å²) in [6, 6.07) is 6.85. The number of oxime groups is 1. The molecule has 1 aromatic carbocycles. The molecule has 0 saturated heterocycles. The molecule has 0 unspecified atom stereocenters. The van der Waals surface area contributed by atoms with Gasteiger partial charge in [0.05, 0.1) is 0 Å². The lowest BCUT2D eigenvalue weighted by Crippen LogP contribution is -2.41. The van der Waals surface area contributed by atoms with E-state index in [9.17, 15) is 4.79 Å².